The molecule has 0 saturated heterocycles. The molecule has 0 radical (unpaired) electrons. The highest BCUT2D eigenvalue weighted by Crippen LogP contribution is 2.30. The van der Waals surface area contributed by atoms with E-state index in [2.05, 4.69) is 42.2 Å². The number of hydrogen-bond donors (Lipinski definition) is 2. The van der Waals surface area contributed by atoms with Gasteiger partial charge in [-0.15, -0.1) is 0 Å². The second kappa shape index (κ2) is 12.2. The van der Waals surface area contributed by atoms with Crippen LogP contribution in [-0.2, 0) is 6.54 Å². The predicted molar refractivity (Wildman–Crippen MR) is 154 cm³/mol. The molecule has 0 amide bonds. The second-order valence-corrected chi connectivity index (χ2v) is 8.89. The van der Waals surface area contributed by atoms with Crippen LogP contribution in [0.2, 0.25) is 0 Å². The van der Waals surface area contributed by atoms with Crippen LogP contribution in [0.1, 0.15) is 43.3 Å². The topological polar surface area (TPSA) is 99.3 Å². The largest absolute Gasteiger partial charge is 0.340 e. The van der Waals surface area contributed by atoms with E-state index in [9.17, 15) is 0 Å². The van der Waals surface area contributed by atoms with E-state index in [-0.39, 0.29) is 0 Å². The summed E-state index contributed by atoms with van der Waals surface area (Å²) >= 11 is 0. The monoisotopic (exact) mass is 506 g/mol. The molecule has 5 rings (SSSR count). The summed E-state index contributed by atoms with van der Waals surface area (Å²) < 4.78 is 0. The molecule has 0 spiro atoms. The van der Waals surface area contributed by atoms with Crippen molar-refractivity contribution >= 4 is 16.6 Å². The molecule has 2 N–H and O–H groups in total. The fourth-order valence-electron chi connectivity index (χ4n) is 4.17. The minimum atomic E-state index is 0.665. The third-order valence-corrected chi connectivity index (χ3v) is 5.81. The number of imidazole rings is 1. The summed E-state index contributed by atoms with van der Waals surface area (Å²) in [7, 11) is 4.09. The van der Waals surface area contributed by atoms with Crippen molar-refractivity contribution in [3.63, 3.8) is 0 Å². The Bertz CT molecular complexity index is 1560. The van der Waals surface area contributed by atoms with Gasteiger partial charge in [-0.1, -0.05) is 32.1 Å². The van der Waals surface area contributed by atoms with Crippen molar-refractivity contribution < 1.29 is 0 Å². The lowest BCUT2D eigenvalue weighted by Crippen LogP contribution is -2.10. The third-order valence-electron chi connectivity index (χ3n) is 5.81. The molecule has 5 heterocycles. The van der Waals surface area contributed by atoms with Gasteiger partial charge < -0.3 is 9.88 Å². The van der Waals surface area contributed by atoms with Gasteiger partial charge >= 0.3 is 0 Å². The van der Waals surface area contributed by atoms with E-state index in [1.807, 2.05) is 90.6 Å². The molecule has 38 heavy (non-hydrogen) atoms. The van der Waals surface area contributed by atoms with Crippen LogP contribution < -0.4 is 0 Å². The van der Waals surface area contributed by atoms with E-state index in [1.165, 1.54) is 0 Å². The Morgan fingerprint density at radius 3 is 2.53 bits per heavy atom. The van der Waals surface area contributed by atoms with Gasteiger partial charge in [0, 0.05) is 48.2 Å². The molecule has 8 nitrogen and oxygen atoms in total. The van der Waals surface area contributed by atoms with Gasteiger partial charge in [-0.05, 0) is 69.4 Å². The van der Waals surface area contributed by atoms with E-state index >= 15 is 0 Å². The molecular formula is C30H34N8. The molecule has 0 saturated carbocycles. The van der Waals surface area contributed by atoms with Gasteiger partial charge in [-0.25, -0.2) is 9.97 Å². The van der Waals surface area contributed by atoms with Crippen molar-refractivity contribution in [2.24, 2.45) is 0 Å². The molecule has 0 fully saturated rings. The van der Waals surface area contributed by atoms with Crippen molar-refractivity contribution in [3.8, 4) is 22.8 Å². The zero-order chi connectivity index (χ0) is 27.1. The first-order valence-electron chi connectivity index (χ1n) is 12.8. The van der Waals surface area contributed by atoms with Crippen molar-refractivity contribution in [2.45, 2.75) is 34.2 Å². The number of allylic oxidation sites excluding steroid dienone is 3. The highest BCUT2D eigenvalue weighted by Gasteiger charge is 2.19. The molecular weight excluding hydrogens is 472 g/mol. The lowest BCUT2D eigenvalue weighted by molar-refractivity contribution is 0.402. The van der Waals surface area contributed by atoms with E-state index in [1.54, 1.807) is 12.4 Å². The van der Waals surface area contributed by atoms with Gasteiger partial charge in [0.05, 0.1) is 16.9 Å². The van der Waals surface area contributed by atoms with Crippen molar-refractivity contribution in [2.75, 3.05) is 14.1 Å². The van der Waals surface area contributed by atoms with Crippen molar-refractivity contribution in [1.29, 1.82) is 0 Å². The van der Waals surface area contributed by atoms with Crippen LogP contribution in [0.5, 0.6) is 0 Å². The Kier molecular flexibility index (Phi) is 8.55. The highest BCUT2D eigenvalue weighted by molar-refractivity contribution is 5.90. The molecule has 0 bridgehead atoms. The number of nitrogens with one attached hydrogen (secondary N) is 2. The number of H-pyrrole nitrogens is 2. The smallest absolute Gasteiger partial charge is 0.161 e. The van der Waals surface area contributed by atoms with Crippen molar-refractivity contribution in [3.05, 3.63) is 95.9 Å². The summed E-state index contributed by atoms with van der Waals surface area (Å²) in [5.41, 5.74) is 9.09. The fourth-order valence-corrected chi connectivity index (χ4v) is 4.17. The normalized spacial score (nSPS) is 11.8. The van der Waals surface area contributed by atoms with Crippen LogP contribution in [-0.4, -0.2) is 54.1 Å². The summed E-state index contributed by atoms with van der Waals surface area (Å²) in [6.45, 7) is 8.83. The van der Waals surface area contributed by atoms with Crippen LogP contribution in [0.25, 0.3) is 39.4 Å². The van der Waals surface area contributed by atoms with Crippen LogP contribution in [0.15, 0.2) is 73.3 Å². The molecule has 194 valence electrons. The maximum Gasteiger partial charge on any atom is 0.161 e. The Labute approximate surface area is 223 Å². The van der Waals surface area contributed by atoms with E-state index in [0.717, 1.165) is 56.9 Å². The third kappa shape index (κ3) is 5.76. The maximum absolute atomic E-state index is 4.96. The van der Waals surface area contributed by atoms with Crippen LogP contribution >= 0.6 is 0 Å². The van der Waals surface area contributed by atoms with Crippen molar-refractivity contribution in [1.82, 2.24) is 40.0 Å². The van der Waals surface area contributed by atoms with Gasteiger partial charge in [0.1, 0.15) is 5.52 Å². The second-order valence-electron chi connectivity index (χ2n) is 8.89. The average Bonchev–Trinajstić information content (AvgIpc) is 3.53. The number of pyridine rings is 3. The first-order valence-corrected chi connectivity index (χ1v) is 12.8. The number of fused-ring (bicyclic) bond motifs is 1. The molecule has 0 aliphatic carbocycles. The number of aromatic amines is 2. The molecule has 0 atom stereocenters. The van der Waals surface area contributed by atoms with Gasteiger partial charge in [0.15, 0.2) is 11.5 Å². The standard InChI is InChI=1S/C28H28N8.C2H6/c1-5-6-7-22(20-10-12-29-13-11-20)25-18(2)31-28(33-25)27-26-24(34-35-27)9-8-23(32-26)21-14-19(15-30-16-21)17-36(3)4;1-2/h5-16H,17H2,1-4H3,(H,31,33)(H,34,35);1-2H3/b6-5-,22-7-;. The average molecular weight is 507 g/mol. The quantitative estimate of drug-likeness (QED) is 0.255. The summed E-state index contributed by atoms with van der Waals surface area (Å²) in [4.78, 5) is 24.0. The lowest BCUT2D eigenvalue weighted by atomic mass is 10.0. The number of nitrogens with zero attached hydrogens (tertiary/aromatic N) is 6. The minimum Gasteiger partial charge on any atom is -0.340 e. The zero-order valence-corrected chi connectivity index (χ0v) is 22.8. The number of rotatable bonds is 7. The van der Waals surface area contributed by atoms with E-state index in [0.29, 0.717) is 11.5 Å². The Morgan fingerprint density at radius 1 is 1.00 bits per heavy atom. The summed E-state index contributed by atoms with van der Waals surface area (Å²) in [6.07, 6.45) is 13.4. The van der Waals surface area contributed by atoms with Crippen LogP contribution in [0, 0.1) is 6.92 Å². The molecule has 0 aliphatic rings. The highest BCUT2D eigenvalue weighted by atomic mass is 15.2. The zero-order valence-electron chi connectivity index (χ0n) is 22.8. The van der Waals surface area contributed by atoms with Crippen LogP contribution in [0.4, 0.5) is 0 Å². The Morgan fingerprint density at radius 2 is 1.79 bits per heavy atom. The predicted octanol–water partition coefficient (Wildman–Crippen LogP) is 6.21. The summed E-state index contributed by atoms with van der Waals surface area (Å²) in [5, 5.41) is 7.66. The minimum absolute atomic E-state index is 0.665. The first-order chi connectivity index (χ1) is 18.5. The van der Waals surface area contributed by atoms with Crippen LogP contribution in [0.3, 0.4) is 0 Å². The Hall–Kier alpha value is -4.43. The molecule has 0 aromatic carbocycles. The Balaban J connectivity index is 0.00000164. The molecule has 5 aromatic rings. The molecule has 5 aromatic heterocycles. The summed E-state index contributed by atoms with van der Waals surface area (Å²) in [6, 6.07) is 10.1. The van der Waals surface area contributed by atoms with Gasteiger partial charge in [0.2, 0.25) is 0 Å². The summed E-state index contributed by atoms with van der Waals surface area (Å²) in [5.74, 6) is 0.665. The lowest BCUT2D eigenvalue weighted by Gasteiger charge is -2.10. The fraction of sp³-hybridized carbons (Fsp3) is 0.233. The van der Waals surface area contributed by atoms with Gasteiger partial charge in [0.25, 0.3) is 0 Å². The molecule has 8 heteroatoms. The van der Waals surface area contributed by atoms with Gasteiger partial charge in [-0.3, -0.25) is 15.1 Å². The molecule has 0 aliphatic heterocycles. The van der Waals surface area contributed by atoms with E-state index in [4.69, 9.17) is 9.97 Å². The maximum atomic E-state index is 4.96. The number of aromatic nitrogens is 7. The van der Waals surface area contributed by atoms with E-state index < -0.39 is 0 Å². The first kappa shape index (κ1) is 26.6. The SMILES string of the molecule is C/C=C\C=C(\c1ccncc1)c1nc(-c2n[nH]c3ccc(-c4cncc(CN(C)C)c4)nc23)[nH]c1C.CC. The number of hydrogen-bond acceptors (Lipinski definition) is 6. The molecule has 0 unspecified atom stereocenters. The van der Waals surface area contributed by atoms with Gasteiger partial charge in [-0.2, -0.15) is 5.10 Å². The number of aryl methyl sites for hydroxylation is 1.